The second-order valence-electron chi connectivity index (χ2n) is 12.3. The number of nitro groups is 1. The number of ether oxygens (including phenoxy) is 2. The van der Waals surface area contributed by atoms with Crippen LogP contribution in [0.2, 0.25) is 0 Å². The Morgan fingerprint density at radius 2 is 1.48 bits per heavy atom. The number of esters is 2. The van der Waals surface area contributed by atoms with Crippen molar-refractivity contribution in [3.05, 3.63) is 134 Å². The second-order valence-corrected chi connectivity index (χ2v) is 12.3. The molecule has 0 saturated carbocycles. The molecule has 0 saturated heterocycles. The average Bonchev–Trinajstić information content (AvgIpc) is 3.05. The molecule has 1 atom stereocenters. The van der Waals surface area contributed by atoms with Crippen molar-refractivity contribution in [2.24, 2.45) is 0 Å². The first kappa shape index (κ1) is 34.1. The van der Waals surface area contributed by atoms with E-state index < -0.39 is 22.8 Å². The van der Waals surface area contributed by atoms with Gasteiger partial charge in [-0.2, -0.15) is 0 Å². The summed E-state index contributed by atoms with van der Waals surface area (Å²) in [4.78, 5) is 40.0. The van der Waals surface area contributed by atoms with Crippen molar-refractivity contribution in [2.45, 2.75) is 57.9 Å². The van der Waals surface area contributed by atoms with Crippen LogP contribution in [0.4, 0.5) is 5.69 Å². The van der Waals surface area contributed by atoms with Crippen LogP contribution in [-0.4, -0.2) is 54.6 Å². The molecule has 1 N–H and O–H groups in total. The lowest BCUT2D eigenvalue weighted by Crippen LogP contribution is -2.43. The Labute approximate surface area is 271 Å². The number of dihydropyridines is 1. The zero-order valence-corrected chi connectivity index (χ0v) is 27.4. The molecule has 0 spiro atoms. The minimum atomic E-state index is -0.898. The summed E-state index contributed by atoms with van der Waals surface area (Å²) in [5.74, 6) is -1.88. The molecule has 0 aliphatic carbocycles. The predicted octanol–water partition coefficient (Wildman–Crippen LogP) is 6.87. The van der Waals surface area contributed by atoms with Crippen LogP contribution in [0.5, 0.6) is 0 Å². The van der Waals surface area contributed by atoms with Gasteiger partial charge in [-0.3, -0.25) is 10.1 Å². The predicted molar refractivity (Wildman–Crippen MR) is 178 cm³/mol. The number of nitrogens with one attached hydrogen (secondary N) is 1. The number of nitrogens with zero attached hydrogens (tertiary/aromatic N) is 2. The summed E-state index contributed by atoms with van der Waals surface area (Å²) >= 11 is 0. The quantitative estimate of drug-likeness (QED) is 0.125. The van der Waals surface area contributed by atoms with Gasteiger partial charge in [0.15, 0.2) is 0 Å². The third-order valence-electron chi connectivity index (χ3n) is 8.94. The summed E-state index contributed by atoms with van der Waals surface area (Å²) in [5, 5.41) is 14.7. The fourth-order valence-corrected chi connectivity index (χ4v) is 5.98. The topological polar surface area (TPSA) is 111 Å². The lowest BCUT2D eigenvalue weighted by atomic mass is 9.80. The van der Waals surface area contributed by atoms with Crippen LogP contribution in [0.25, 0.3) is 0 Å². The van der Waals surface area contributed by atoms with E-state index in [4.69, 9.17) is 9.47 Å². The second kappa shape index (κ2) is 15.0. The maximum atomic E-state index is 13.7. The minimum Gasteiger partial charge on any atom is -0.466 e. The van der Waals surface area contributed by atoms with Gasteiger partial charge in [-0.05, 0) is 70.8 Å². The summed E-state index contributed by atoms with van der Waals surface area (Å²) in [6.07, 6.45) is 1.48. The molecule has 0 fully saturated rings. The van der Waals surface area contributed by atoms with Crippen molar-refractivity contribution in [1.82, 2.24) is 10.2 Å². The average molecular weight is 626 g/mol. The molecule has 0 aromatic heterocycles. The molecule has 1 unspecified atom stereocenters. The molecular weight excluding hydrogens is 582 g/mol. The Morgan fingerprint density at radius 1 is 0.913 bits per heavy atom. The lowest BCUT2D eigenvalue weighted by Gasteiger charge is -2.37. The number of carbonyl (C=O) groups is 2. The van der Waals surface area contributed by atoms with Gasteiger partial charge in [0.2, 0.25) is 0 Å². The number of methoxy groups -OCH3 is 1. The van der Waals surface area contributed by atoms with Gasteiger partial charge in [0.25, 0.3) is 5.69 Å². The van der Waals surface area contributed by atoms with Crippen molar-refractivity contribution in [2.75, 3.05) is 27.3 Å². The van der Waals surface area contributed by atoms with Gasteiger partial charge in [-0.15, -0.1) is 0 Å². The van der Waals surface area contributed by atoms with Gasteiger partial charge in [0.05, 0.1) is 35.7 Å². The molecule has 46 heavy (non-hydrogen) atoms. The van der Waals surface area contributed by atoms with E-state index in [-0.39, 0.29) is 34.9 Å². The van der Waals surface area contributed by atoms with E-state index in [9.17, 15) is 19.7 Å². The molecule has 0 amide bonds. The van der Waals surface area contributed by atoms with Gasteiger partial charge in [-0.25, -0.2) is 9.59 Å². The largest absolute Gasteiger partial charge is 0.466 e. The smallest absolute Gasteiger partial charge is 0.336 e. The Balaban J connectivity index is 1.47. The van der Waals surface area contributed by atoms with E-state index in [0.717, 1.165) is 13.0 Å². The number of hydrogen-bond donors (Lipinski definition) is 1. The van der Waals surface area contributed by atoms with Gasteiger partial charge in [0.1, 0.15) is 0 Å². The third kappa shape index (κ3) is 7.90. The number of hydrogen-bond acceptors (Lipinski definition) is 8. The lowest BCUT2D eigenvalue weighted by molar-refractivity contribution is -0.384. The summed E-state index contributed by atoms with van der Waals surface area (Å²) in [6, 6.07) is 27.0. The monoisotopic (exact) mass is 625 g/mol. The number of carbonyl (C=O) groups excluding carboxylic acids is 2. The molecule has 242 valence electrons. The molecule has 0 bridgehead atoms. The van der Waals surface area contributed by atoms with E-state index in [1.807, 2.05) is 12.1 Å². The van der Waals surface area contributed by atoms with Gasteiger partial charge in [-0.1, -0.05) is 72.8 Å². The molecular formula is C37H43N3O6. The number of allylic oxidation sites excluding steroid dienone is 2. The first-order valence-electron chi connectivity index (χ1n) is 15.4. The molecule has 1 heterocycles. The summed E-state index contributed by atoms with van der Waals surface area (Å²) in [5.41, 5.74) is 3.96. The van der Waals surface area contributed by atoms with Crippen LogP contribution < -0.4 is 5.32 Å². The van der Waals surface area contributed by atoms with Gasteiger partial charge >= 0.3 is 11.9 Å². The Morgan fingerprint density at radius 3 is 2.02 bits per heavy atom. The van der Waals surface area contributed by atoms with Gasteiger partial charge < -0.3 is 19.7 Å². The first-order chi connectivity index (χ1) is 21.9. The number of non-ortho nitro benzene ring substituents is 1. The Kier molecular flexibility index (Phi) is 11.1. The fraction of sp³-hybridized carbons (Fsp3) is 0.351. The highest BCUT2D eigenvalue weighted by Crippen LogP contribution is 2.40. The van der Waals surface area contributed by atoms with Crippen molar-refractivity contribution in [3.8, 4) is 0 Å². The van der Waals surface area contributed by atoms with Crippen LogP contribution in [0.15, 0.2) is 107 Å². The number of rotatable bonds is 13. The molecule has 4 rings (SSSR count). The van der Waals surface area contributed by atoms with Crippen LogP contribution in [0.3, 0.4) is 0 Å². The zero-order chi connectivity index (χ0) is 33.4. The molecule has 9 nitrogen and oxygen atoms in total. The van der Waals surface area contributed by atoms with Crippen LogP contribution in [0, 0.1) is 10.1 Å². The van der Waals surface area contributed by atoms with Crippen molar-refractivity contribution in [1.29, 1.82) is 0 Å². The molecule has 1 aliphatic rings. The maximum Gasteiger partial charge on any atom is 0.336 e. The van der Waals surface area contributed by atoms with E-state index in [2.05, 4.69) is 79.6 Å². The van der Waals surface area contributed by atoms with Crippen LogP contribution in [-0.2, 0) is 19.1 Å². The molecule has 3 aromatic carbocycles. The van der Waals surface area contributed by atoms with Crippen molar-refractivity contribution >= 4 is 17.6 Å². The summed E-state index contributed by atoms with van der Waals surface area (Å²) in [7, 11) is 3.35. The summed E-state index contributed by atoms with van der Waals surface area (Å²) < 4.78 is 10.9. The first-order valence-corrected chi connectivity index (χ1v) is 15.4. The van der Waals surface area contributed by atoms with E-state index >= 15 is 0 Å². The normalized spacial score (nSPS) is 15.2. The Hall–Kier alpha value is -4.76. The Bertz CT molecular complexity index is 1570. The summed E-state index contributed by atoms with van der Waals surface area (Å²) in [6.45, 7) is 8.66. The van der Waals surface area contributed by atoms with E-state index in [1.54, 1.807) is 19.9 Å². The third-order valence-corrected chi connectivity index (χ3v) is 8.94. The molecule has 1 aliphatic heterocycles. The standard InChI is InChI=1S/C37H43N3O6/c1-25-32(35(41)45-6)34(29-18-13-19-30(24-29)40(43)44)33(26(2)38-25)36(42)46-23-21-37(3,4)39(5)22-20-31(27-14-9-7-10-15-27)28-16-11-8-12-17-28/h7-19,24,31,34,38H,20-23H2,1-6H3. The SMILES string of the molecule is COC(=O)C1=C(C)NC(C)=C(C(=O)OCCC(C)(C)N(C)CCC(c2ccccc2)c2ccccc2)C1c1cccc([N+](=O)[O-])c1. The van der Waals surface area contributed by atoms with Crippen molar-refractivity contribution < 1.29 is 24.0 Å². The van der Waals surface area contributed by atoms with Crippen LogP contribution >= 0.6 is 0 Å². The number of nitro benzene ring substituents is 1. The molecule has 3 aromatic rings. The number of benzene rings is 3. The molecule has 9 heteroatoms. The highest BCUT2D eigenvalue weighted by molar-refractivity contribution is 5.99. The van der Waals surface area contributed by atoms with Crippen molar-refractivity contribution in [3.63, 3.8) is 0 Å². The molecule has 0 radical (unpaired) electrons. The fourth-order valence-electron chi connectivity index (χ4n) is 5.98. The van der Waals surface area contributed by atoms with E-state index in [1.165, 1.54) is 36.4 Å². The van der Waals surface area contributed by atoms with Gasteiger partial charge in [0, 0.05) is 35.0 Å². The zero-order valence-electron chi connectivity index (χ0n) is 27.4. The maximum absolute atomic E-state index is 13.7. The van der Waals surface area contributed by atoms with Crippen LogP contribution in [0.1, 0.15) is 69.1 Å². The highest BCUT2D eigenvalue weighted by Gasteiger charge is 2.38. The minimum absolute atomic E-state index is 0.144. The highest BCUT2D eigenvalue weighted by atomic mass is 16.6. The van der Waals surface area contributed by atoms with E-state index in [0.29, 0.717) is 23.4 Å².